The second-order valence-corrected chi connectivity index (χ2v) is 5.48. The van der Waals surface area contributed by atoms with Gasteiger partial charge in [0.15, 0.2) is 5.75 Å². The van der Waals surface area contributed by atoms with Crippen LogP contribution in [0.3, 0.4) is 0 Å². The molecule has 7 heteroatoms. The molecule has 6 nitrogen and oxygen atoms in total. The third-order valence-electron chi connectivity index (χ3n) is 2.21. The van der Waals surface area contributed by atoms with Gasteiger partial charge in [0.2, 0.25) is 10.0 Å². The largest absolute Gasteiger partial charge is 0.480 e. The molecule has 0 spiro atoms. The molecule has 0 saturated carbocycles. The van der Waals surface area contributed by atoms with Gasteiger partial charge in [0, 0.05) is 13.7 Å². The maximum absolute atomic E-state index is 11.4. The number of hydrogen-bond donors (Lipinski definition) is 2. The molecule has 0 aliphatic heterocycles. The Morgan fingerprint density at radius 3 is 2.50 bits per heavy atom. The minimum Gasteiger partial charge on any atom is -0.480 e. The summed E-state index contributed by atoms with van der Waals surface area (Å²) in [7, 11) is -2.25. The second-order valence-electron chi connectivity index (χ2n) is 3.68. The first-order valence-electron chi connectivity index (χ1n) is 5.19. The summed E-state index contributed by atoms with van der Waals surface area (Å²) in [5.74, 6) is -2.31. The maximum Gasteiger partial charge on any atom is 0.320 e. The van der Waals surface area contributed by atoms with E-state index in [4.69, 9.17) is 9.84 Å². The number of carboxylic acid groups (broad SMARTS) is 1. The number of carboxylic acids is 1. The van der Waals surface area contributed by atoms with Gasteiger partial charge in [-0.3, -0.25) is 4.79 Å². The highest BCUT2D eigenvalue weighted by Gasteiger charge is 2.15. The summed E-state index contributed by atoms with van der Waals surface area (Å²) in [6.45, 7) is 0.423. The van der Waals surface area contributed by atoms with E-state index in [2.05, 4.69) is 4.72 Å². The van der Waals surface area contributed by atoms with Crippen molar-refractivity contribution in [1.82, 2.24) is 4.72 Å². The molecular formula is C11H15NO5S. The van der Waals surface area contributed by atoms with Gasteiger partial charge in [-0.25, -0.2) is 13.1 Å². The molecule has 2 N–H and O–H groups in total. The minimum absolute atomic E-state index is 0.0507. The van der Waals surface area contributed by atoms with Gasteiger partial charge in [-0.05, 0) is 11.1 Å². The molecule has 0 fully saturated rings. The number of methoxy groups -OCH3 is 1. The number of sulfonamides is 1. The van der Waals surface area contributed by atoms with E-state index in [1.165, 1.54) is 0 Å². The summed E-state index contributed by atoms with van der Waals surface area (Å²) >= 11 is 0. The van der Waals surface area contributed by atoms with Crippen LogP contribution >= 0.6 is 0 Å². The number of hydrogen-bond acceptors (Lipinski definition) is 4. The number of ether oxygens (including phenoxy) is 1. The molecule has 0 heterocycles. The van der Waals surface area contributed by atoms with Crippen LogP contribution < -0.4 is 4.72 Å². The first-order valence-corrected chi connectivity index (χ1v) is 6.84. The van der Waals surface area contributed by atoms with Crippen molar-refractivity contribution < 1.29 is 23.1 Å². The van der Waals surface area contributed by atoms with E-state index in [0.717, 1.165) is 11.1 Å². The molecule has 0 unspecified atom stereocenters. The number of carbonyl (C=O) groups is 1. The second kappa shape index (κ2) is 6.48. The van der Waals surface area contributed by atoms with Crippen molar-refractivity contribution in [1.29, 1.82) is 0 Å². The van der Waals surface area contributed by atoms with Gasteiger partial charge in [-0.15, -0.1) is 0 Å². The molecule has 0 bridgehead atoms. The number of benzene rings is 1. The molecular weight excluding hydrogens is 258 g/mol. The quantitative estimate of drug-likeness (QED) is 0.747. The molecule has 0 aromatic heterocycles. The van der Waals surface area contributed by atoms with E-state index in [-0.39, 0.29) is 6.54 Å². The molecule has 1 aromatic rings. The molecule has 0 saturated heterocycles. The van der Waals surface area contributed by atoms with E-state index in [1.54, 1.807) is 19.2 Å². The van der Waals surface area contributed by atoms with Crippen LogP contribution in [0.15, 0.2) is 24.3 Å². The Labute approximate surface area is 106 Å². The third-order valence-corrected chi connectivity index (χ3v) is 3.43. The summed E-state index contributed by atoms with van der Waals surface area (Å²) in [6.07, 6.45) is 0. The SMILES string of the molecule is COCc1ccccc1CNS(=O)(=O)CC(=O)O. The molecule has 0 amide bonds. The van der Waals surface area contributed by atoms with Crippen molar-refractivity contribution in [2.24, 2.45) is 0 Å². The monoisotopic (exact) mass is 273 g/mol. The fourth-order valence-corrected chi connectivity index (χ4v) is 2.23. The van der Waals surface area contributed by atoms with Crippen molar-refractivity contribution in [2.75, 3.05) is 12.9 Å². The smallest absolute Gasteiger partial charge is 0.320 e. The topological polar surface area (TPSA) is 92.7 Å². The van der Waals surface area contributed by atoms with E-state index in [1.807, 2.05) is 12.1 Å². The number of rotatable bonds is 7. The fourth-order valence-electron chi connectivity index (χ4n) is 1.43. The van der Waals surface area contributed by atoms with Gasteiger partial charge in [-0.1, -0.05) is 24.3 Å². The van der Waals surface area contributed by atoms with Gasteiger partial charge >= 0.3 is 5.97 Å². The average molecular weight is 273 g/mol. The van der Waals surface area contributed by atoms with E-state index in [9.17, 15) is 13.2 Å². The highest BCUT2D eigenvalue weighted by atomic mass is 32.2. The lowest BCUT2D eigenvalue weighted by atomic mass is 10.1. The highest BCUT2D eigenvalue weighted by molar-refractivity contribution is 7.90. The van der Waals surface area contributed by atoms with Gasteiger partial charge < -0.3 is 9.84 Å². The van der Waals surface area contributed by atoms with Gasteiger partial charge in [-0.2, -0.15) is 0 Å². The lowest BCUT2D eigenvalue weighted by molar-refractivity contribution is -0.134. The Kier molecular flexibility index (Phi) is 5.26. The normalized spacial score (nSPS) is 11.4. The Balaban J connectivity index is 2.71. The molecule has 0 atom stereocenters. The molecule has 0 radical (unpaired) electrons. The zero-order valence-corrected chi connectivity index (χ0v) is 10.7. The first-order chi connectivity index (χ1) is 8.44. The number of nitrogens with one attached hydrogen (secondary N) is 1. The van der Waals surface area contributed by atoms with Crippen molar-refractivity contribution in [3.63, 3.8) is 0 Å². The van der Waals surface area contributed by atoms with Crippen LogP contribution in [0.4, 0.5) is 0 Å². The fraction of sp³-hybridized carbons (Fsp3) is 0.364. The van der Waals surface area contributed by atoms with Crippen molar-refractivity contribution in [3.05, 3.63) is 35.4 Å². The summed E-state index contributed by atoms with van der Waals surface area (Å²) in [4.78, 5) is 10.4. The predicted octanol–water partition coefficient (Wildman–Crippen LogP) is 0.337. The Morgan fingerprint density at radius 2 is 1.94 bits per heavy atom. The molecule has 18 heavy (non-hydrogen) atoms. The minimum atomic E-state index is -3.80. The van der Waals surface area contributed by atoms with Crippen LogP contribution in [0.1, 0.15) is 11.1 Å². The summed E-state index contributed by atoms with van der Waals surface area (Å²) in [5.41, 5.74) is 1.62. The van der Waals surface area contributed by atoms with Gasteiger partial charge in [0.05, 0.1) is 6.61 Å². The van der Waals surface area contributed by atoms with Crippen LogP contribution in [-0.4, -0.2) is 32.4 Å². The van der Waals surface area contributed by atoms with Crippen LogP contribution in [0, 0.1) is 0 Å². The lowest BCUT2D eigenvalue weighted by Crippen LogP contribution is -2.29. The summed E-state index contributed by atoms with van der Waals surface area (Å²) in [6, 6.07) is 7.19. The Bertz CT molecular complexity index is 512. The van der Waals surface area contributed by atoms with Crippen LogP contribution in [0.2, 0.25) is 0 Å². The van der Waals surface area contributed by atoms with Crippen LogP contribution in [0.5, 0.6) is 0 Å². The number of aliphatic carboxylic acids is 1. The van der Waals surface area contributed by atoms with E-state index in [0.29, 0.717) is 6.61 Å². The zero-order valence-electron chi connectivity index (χ0n) is 9.92. The van der Waals surface area contributed by atoms with Crippen LogP contribution in [0.25, 0.3) is 0 Å². The van der Waals surface area contributed by atoms with E-state index >= 15 is 0 Å². The molecule has 100 valence electrons. The van der Waals surface area contributed by atoms with Crippen molar-refractivity contribution in [2.45, 2.75) is 13.2 Å². The molecule has 1 rings (SSSR count). The predicted molar refractivity (Wildman–Crippen MR) is 65.4 cm³/mol. The Hall–Kier alpha value is -1.44. The Morgan fingerprint density at radius 1 is 1.33 bits per heavy atom. The van der Waals surface area contributed by atoms with Gasteiger partial charge in [0.1, 0.15) is 0 Å². The average Bonchev–Trinajstić information content (AvgIpc) is 2.27. The summed E-state index contributed by atoms with van der Waals surface area (Å²) in [5, 5.41) is 8.45. The highest BCUT2D eigenvalue weighted by Crippen LogP contribution is 2.10. The standard InChI is InChI=1S/C11H15NO5S/c1-17-7-10-5-3-2-4-9(10)6-12-18(15,16)8-11(13)14/h2-5,12H,6-8H2,1H3,(H,13,14). The van der Waals surface area contributed by atoms with Crippen LogP contribution in [-0.2, 0) is 32.7 Å². The zero-order chi connectivity index (χ0) is 13.6. The summed E-state index contributed by atoms with van der Waals surface area (Å²) < 4.78 is 30.0. The molecule has 0 aliphatic carbocycles. The third kappa shape index (κ3) is 4.82. The van der Waals surface area contributed by atoms with Gasteiger partial charge in [0.25, 0.3) is 0 Å². The van der Waals surface area contributed by atoms with Crippen molar-refractivity contribution in [3.8, 4) is 0 Å². The molecule has 0 aliphatic rings. The van der Waals surface area contributed by atoms with E-state index < -0.39 is 21.7 Å². The maximum atomic E-state index is 11.4. The van der Waals surface area contributed by atoms with Crippen molar-refractivity contribution >= 4 is 16.0 Å². The molecule has 1 aromatic carbocycles. The first kappa shape index (κ1) is 14.6. The lowest BCUT2D eigenvalue weighted by Gasteiger charge is -2.09.